The molecule has 2 fully saturated rings. The van der Waals surface area contributed by atoms with Gasteiger partial charge < -0.3 is 15.0 Å². The first-order valence-electron chi connectivity index (χ1n) is 8.50. The van der Waals surface area contributed by atoms with Crippen molar-refractivity contribution in [3.8, 4) is 0 Å². The molecule has 7 heteroatoms. The normalized spacial score (nSPS) is 23.0. The van der Waals surface area contributed by atoms with Gasteiger partial charge in [-0.25, -0.2) is 4.98 Å². The lowest BCUT2D eigenvalue weighted by Gasteiger charge is -2.32. The van der Waals surface area contributed by atoms with Crippen LogP contribution in [0, 0.1) is 6.92 Å². The van der Waals surface area contributed by atoms with E-state index in [0.717, 1.165) is 19.3 Å². The number of hydrogen-bond acceptors (Lipinski definition) is 5. The van der Waals surface area contributed by atoms with Gasteiger partial charge in [0.1, 0.15) is 4.83 Å². The van der Waals surface area contributed by atoms with Crippen LogP contribution in [0.3, 0.4) is 0 Å². The molecule has 4 rings (SSSR count). The maximum Gasteiger partial charge on any atom is 0.262 e. The molecule has 1 aliphatic carbocycles. The van der Waals surface area contributed by atoms with Crippen LogP contribution >= 0.6 is 11.3 Å². The highest BCUT2D eigenvalue weighted by molar-refractivity contribution is 7.20. The monoisotopic (exact) mass is 347 g/mol. The molecule has 1 saturated heterocycles. The van der Waals surface area contributed by atoms with E-state index in [1.807, 2.05) is 0 Å². The van der Waals surface area contributed by atoms with Gasteiger partial charge in [0.2, 0.25) is 0 Å². The Labute approximate surface area is 143 Å². The number of ether oxygens (including phenoxy) is 1. The molecule has 2 aliphatic rings. The fraction of sp³-hybridized carbons (Fsp3) is 0.588. The number of H-pyrrole nitrogens is 1. The molecule has 1 atom stereocenters. The molecule has 1 saturated carbocycles. The molecular weight excluding hydrogens is 326 g/mol. The smallest absolute Gasteiger partial charge is 0.262 e. The molecule has 0 bridgehead atoms. The average Bonchev–Trinajstić information content (AvgIpc) is 3.11. The van der Waals surface area contributed by atoms with Gasteiger partial charge >= 0.3 is 0 Å². The molecule has 0 unspecified atom stereocenters. The summed E-state index contributed by atoms with van der Waals surface area (Å²) in [6.07, 6.45) is 8.17. The van der Waals surface area contributed by atoms with Crippen LogP contribution in [0.25, 0.3) is 10.2 Å². The Bertz CT molecular complexity index is 835. The number of aromatic nitrogens is 2. The minimum atomic E-state index is -0.196. The summed E-state index contributed by atoms with van der Waals surface area (Å²) in [5.74, 6) is -0.128. The predicted molar refractivity (Wildman–Crippen MR) is 92.6 cm³/mol. The highest BCUT2D eigenvalue weighted by Crippen LogP contribution is 2.39. The third kappa shape index (κ3) is 2.65. The lowest BCUT2D eigenvalue weighted by molar-refractivity contribution is -0.0246. The van der Waals surface area contributed by atoms with Crippen molar-refractivity contribution in [3.63, 3.8) is 0 Å². The van der Waals surface area contributed by atoms with Crippen molar-refractivity contribution >= 4 is 27.5 Å². The second-order valence-corrected chi connectivity index (χ2v) is 7.90. The summed E-state index contributed by atoms with van der Waals surface area (Å²) in [4.78, 5) is 32.5. The van der Waals surface area contributed by atoms with Gasteiger partial charge in [-0.05, 0) is 31.7 Å². The summed E-state index contributed by atoms with van der Waals surface area (Å²) in [7, 11) is 0. The number of rotatable bonds is 2. The first kappa shape index (κ1) is 15.8. The number of aryl methyl sites for hydroxylation is 1. The van der Waals surface area contributed by atoms with Crippen molar-refractivity contribution in [2.24, 2.45) is 0 Å². The van der Waals surface area contributed by atoms with Crippen molar-refractivity contribution in [2.75, 3.05) is 6.61 Å². The second kappa shape index (κ2) is 5.97. The lowest BCUT2D eigenvalue weighted by Crippen LogP contribution is -2.37. The maximum absolute atomic E-state index is 12.7. The molecule has 3 heterocycles. The lowest BCUT2D eigenvalue weighted by atomic mass is 9.82. The third-order valence-corrected chi connectivity index (χ3v) is 6.45. The van der Waals surface area contributed by atoms with Crippen molar-refractivity contribution < 1.29 is 9.53 Å². The molecule has 6 nitrogen and oxygen atoms in total. The van der Waals surface area contributed by atoms with Crippen LogP contribution in [0.4, 0.5) is 0 Å². The van der Waals surface area contributed by atoms with Crippen LogP contribution in [0.2, 0.25) is 0 Å². The Morgan fingerprint density at radius 2 is 2.21 bits per heavy atom. The predicted octanol–water partition coefficient (Wildman–Crippen LogP) is 2.51. The van der Waals surface area contributed by atoms with E-state index in [4.69, 9.17) is 4.74 Å². The van der Waals surface area contributed by atoms with Gasteiger partial charge in [-0.2, -0.15) is 0 Å². The summed E-state index contributed by atoms with van der Waals surface area (Å²) in [6, 6.07) is 0.0476. The van der Waals surface area contributed by atoms with Gasteiger partial charge in [0.05, 0.1) is 34.8 Å². The van der Waals surface area contributed by atoms with Crippen LogP contribution < -0.4 is 10.9 Å². The minimum absolute atomic E-state index is 0.0237. The molecule has 0 aromatic carbocycles. The van der Waals surface area contributed by atoms with E-state index in [2.05, 4.69) is 15.3 Å². The first-order chi connectivity index (χ1) is 11.6. The van der Waals surface area contributed by atoms with E-state index in [-0.39, 0.29) is 23.1 Å². The van der Waals surface area contributed by atoms with Gasteiger partial charge in [-0.1, -0.05) is 19.3 Å². The molecule has 1 aliphatic heterocycles. The Morgan fingerprint density at radius 3 is 2.96 bits per heavy atom. The number of fused-ring (bicyclic) bond motifs is 1. The van der Waals surface area contributed by atoms with E-state index in [1.54, 1.807) is 6.92 Å². The number of carbonyl (C=O) groups excluding carboxylic acids is 1. The van der Waals surface area contributed by atoms with Gasteiger partial charge in [0, 0.05) is 0 Å². The molecule has 2 aromatic rings. The highest BCUT2D eigenvalue weighted by atomic mass is 32.1. The number of amides is 1. The van der Waals surface area contributed by atoms with Gasteiger partial charge in [0.15, 0.2) is 0 Å². The summed E-state index contributed by atoms with van der Waals surface area (Å²) in [5, 5.41) is 3.61. The van der Waals surface area contributed by atoms with Crippen molar-refractivity contribution in [2.45, 2.75) is 57.1 Å². The quantitative estimate of drug-likeness (QED) is 0.874. The number of hydrogen-bond donors (Lipinski definition) is 2. The molecule has 1 spiro atoms. The maximum atomic E-state index is 12.7. The van der Waals surface area contributed by atoms with Crippen LogP contribution in [0.5, 0.6) is 0 Å². The number of aromatic amines is 1. The summed E-state index contributed by atoms with van der Waals surface area (Å²) < 4.78 is 6.06. The number of thiophene rings is 1. The van der Waals surface area contributed by atoms with Crippen molar-refractivity contribution in [1.29, 1.82) is 0 Å². The van der Waals surface area contributed by atoms with E-state index in [9.17, 15) is 9.59 Å². The second-order valence-electron chi connectivity index (χ2n) is 6.90. The minimum Gasteiger partial charge on any atom is -0.373 e. The van der Waals surface area contributed by atoms with Crippen LogP contribution in [0.1, 0.15) is 53.8 Å². The van der Waals surface area contributed by atoms with E-state index in [0.29, 0.717) is 27.3 Å². The van der Waals surface area contributed by atoms with E-state index < -0.39 is 0 Å². The van der Waals surface area contributed by atoms with Gasteiger partial charge in [0.25, 0.3) is 11.5 Å². The Balaban J connectivity index is 1.52. The fourth-order valence-corrected chi connectivity index (χ4v) is 5.08. The van der Waals surface area contributed by atoms with Crippen molar-refractivity contribution in [3.05, 3.63) is 27.1 Å². The molecule has 0 radical (unpaired) electrons. The molecule has 2 N–H and O–H groups in total. The van der Waals surface area contributed by atoms with Crippen LogP contribution in [-0.4, -0.2) is 34.1 Å². The first-order valence-corrected chi connectivity index (χ1v) is 9.31. The Morgan fingerprint density at radius 1 is 1.42 bits per heavy atom. The molecule has 24 heavy (non-hydrogen) atoms. The largest absolute Gasteiger partial charge is 0.373 e. The van der Waals surface area contributed by atoms with Crippen LogP contribution in [0.15, 0.2) is 11.1 Å². The number of nitrogens with one attached hydrogen (secondary N) is 2. The Kier molecular flexibility index (Phi) is 3.92. The zero-order valence-corrected chi connectivity index (χ0v) is 14.5. The summed E-state index contributed by atoms with van der Waals surface area (Å²) in [5.41, 5.74) is 0.482. The Hall–Kier alpha value is -1.73. The zero-order chi connectivity index (χ0) is 16.7. The molecular formula is C17H21N3O3S. The SMILES string of the molecule is Cc1c(C(=O)N[C@@H]2COC3(CCCCC3)C2)sc2nc[nH]c(=O)c12. The molecule has 1 amide bonds. The molecule has 2 aromatic heterocycles. The van der Waals surface area contributed by atoms with Crippen molar-refractivity contribution in [1.82, 2.24) is 15.3 Å². The molecule has 128 valence electrons. The topological polar surface area (TPSA) is 84.1 Å². The average molecular weight is 347 g/mol. The third-order valence-electron chi connectivity index (χ3n) is 5.25. The van der Waals surface area contributed by atoms with Gasteiger partial charge in [-0.15, -0.1) is 11.3 Å². The van der Waals surface area contributed by atoms with Crippen LogP contribution in [-0.2, 0) is 4.74 Å². The standard InChI is InChI=1S/C17H21N3O3S/c1-10-12-14(21)18-9-19-16(12)24-13(10)15(22)20-11-7-17(23-8-11)5-3-2-4-6-17/h9,11H,2-8H2,1H3,(H,20,22)(H,18,19,21)/t11-/m0/s1. The van der Waals surface area contributed by atoms with Gasteiger partial charge in [-0.3, -0.25) is 9.59 Å². The van der Waals surface area contributed by atoms with E-state index in [1.165, 1.54) is 36.9 Å². The summed E-state index contributed by atoms with van der Waals surface area (Å²) in [6.45, 7) is 2.38. The zero-order valence-electron chi connectivity index (χ0n) is 13.7. The number of nitrogens with zero attached hydrogens (tertiary/aromatic N) is 1. The fourth-order valence-electron chi connectivity index (χ4n) is 4.03. The summed E-state index contributed by atoms with van der Waals surface area (Å²) >= 11 is 1.27. The van der Waals surface area contributed by atoms with E-state index >= 15 is 0 Å². The number of carbonyl (C=O) groups is 1. The highest BCUT2D eigenvalue weighted by Gasteiger charge is 2.41.